The number of nitrogens with zero attached hydrogens (tertiary/aromatic N) is 2. The van der Waals surface area contributed by atoms with Crippen LogP contribution in [0.2, 0.25) is 0 Å². The highest BCUT2D eigenvalue weighted by Crippen LogP contribution is 2.36. The second kappa shape index (κ2) is 9.15. The molecule has 150 valence electrons. The maximum atomic E-state index is 13.4. The van der Waals surface area contributed by atoms with Crippen LogP contribution >= 0.6 is 0 Å². The number of carbonyl (C=O) groups excluding carboxylic acids is 1. The Morgan fingerprint density at radius 3 is 2.52 bits per heavy atom. The van der Waals surface area contributed by atoms with E-state index in [9.17, 15) is 9.00 Å². The Balaban J connectivity index is 1.52. The lowest BCUT2D eigenvalue weighted by atomic mass is 9.90. The lowest BCUT2D eigenvalue weighted by Crippen LogP contribution is -2.45. The molecule has 2 N–H and O–H groups in total. The molecular weight excluding hydrogens is 384 g/mol. The summed E-state index contributed by atoms with van der Waals surface area (Å²) in [4.78, 5) is 20.5. The third kappa shape index (κ3) is 4.63. The zero-order valence-corrected chi connectivity index (χ0v) is 16.8. The summed E-state index contributed by atoms with van der Waals surface area (Å²) in [6, 6.07) is 19.6. The van der Waals surface area contributed by atoms with Crippen molar-refractivity contribution in [3.63, 3.8) is 0 Å². The number of hydrogen-bond donors (Lipinski definition) is 2. The van der Waals surface area contributed by atoms with E-state index in [-0.39, 0.29) is 17.9 Å². The van der Waals surface area contributed by atoms with Crippen molar-refractivity contribution in [2.45, 2.75) is 30.3 Å². The first-order valence-electron chi connectivity index (χ1n) is 9.76. The Morgan fingerprint density at radius 1 is 1.10 bits per heavy atom. The molecule has 1 aliphatic heterocycles. The van der Waals surface area contributed by atoms with E-state index >= 15 is 0 Å². The van der Waals surface area contributed by atoms with Crippen LogP contribution in [0.25, 0.3) is 0 Å². The first kappa shape index (κ1) is 19.5. The maximum Gasteiger partial charge on any atom is 0.224 e. The molecule has 1 amide bonds. The molecule has 2 unspecified atom stereocenters. The average molecular weight is 409 g/mol. The molecule has 29 heavy (non-hydrogen) atoms. The molecule has 1 fully saturated rings. The Morgan fingerprint density at radius 2 is 1.83 bits per heavy atom. The van der Waals surface area contributed by atoms with Gasteiger partial charge in [-0.2, -0.15) is 0 Å². The minimum Gasteiger partial charge on any atom is -0.350 e. The van der Waals surface area contributed by atoms with Crippen LogP contribution in [0, 0.1) is 5.92 Å². The van der Waals surface area contributed by atoms with Gasteiger partial charge in [0.05, 0.1) is 29.4 Å². The molecule has 0 radical (unpaired) electrons. The Hall–Kier alpha value is -2.77. The van der Waals surface area contributed by atoms with Gasteiger partial charge in [-0.3, -0.25) is 4.79 Å². The summed E-state index contributed by atoms with van der Waals surface area (Å²) in [5.41, 5.74) is 1.99. The molecule has 0 saturated carbocycles. The van der Waals surface area contributed by atoms with Gasteiger partial charge < -0.3 is 10.3 Å². The van der Waals surface area contributed by atoms with Crippen LogP contribution in [0.1, 0.15) is 30.1 Å². The van der Waals surface area contributed by atoms with E-state index in [1.54, 1.807) is 12.5 Å². The molecule has 2 heterocycles. The van der Waals surface area contributed by atoms with Crippen LogP contribution in [0.15, 0.2) is 78.1 Å². The molecule has 1 aliphatic rings. The Kier molecular flexibility index (Phi) is 6.17. The molecule has 0 bridgehead atoms. The van der Waals surface area contributed by atoms with E-state index in [4.69, 9.17) is 0 Å². The van der Waals surface area contributed by atoms with Crippen LogP contribution < -0.4 is 5.32 Å². The first-order valence-corrected chi connectivity index (χ1v) is 10.9. The van der Waals surface area contributed by atoms with Crippen molar-refractivity contribution >= 4 is 16.9 Å². The van der Waals surface area contributed by atoms with Crippen molar-refractivity contribution in [2.24, 2.45) is 5.92 Å². The molecule has 0 aliphatic carbocycles. The molecule has 7 heteroatoms. The van der Waals surface area contributed by atoms with E-state index in [0.717, 1.165) is 29.0 Å². The number of imidazole rings is 1. The minimum absolute atomic E-state index is 0.0128. The molecule has 2 aromatic carbocycles. The topological polar surface area (TPSA) is 78.1 Å². The van der Waals surface area contributed by atoms with Gasteiger partial charge in [-0.05, 0) is 30.5 Å². The van der Waals surface area contributed by atoms with E-state index in [0.29, 0.717) is 13.1 Å². The summed E-state index contributed by atoms with van der Waals surface area (Å²) in [5.74, 6) is -0.216. The monoisotopic (exact) mass is 408 g/mol. The van der Waals surface area contributed by atoms with Gasteiger partial charge in [0.1, 0.15) is 11.0 Å². The molecule has 0 spiro atoms. The number of carbonyl (C=O) groups is 1. The van der Waals surface area contributed by atoms with E-state index in [1.807, 2.05) is 52.8 Å². The predicted octanol–water partition coefficient (Wildman–Crippen LogP) is 3.20. The van der Waals surface area contributed by atoms with Gasteiger partial charge in [0, 0.05) is 18.8 Å². The van der Waals surface area contributed by atoms with Crippen LogP contribution in [0.4, 0.5) is 0 Å². The van der Waals surface area contributed by atoms with Crippen molar-refractivity contribution < 1.29 is 9.00 Å². The standard InChI is InChI=1S/C22H24N4O2S/c27-22(24-14-19-13-23-16-25-19)18-11-12-21(17-7-3-1-4-8-17)26(15-18)29(28)20-9-5-2-6-10-20/h1-10,13,16,18,21H,11-12,14-15H2,(H,23,25)(H,24,27)/t18-,21?,29?/m1/s1. The number of hydrogen-bond acceptors (Lipinski definition) is 3. The second-order valence-electron chi connectivity index (χ2n) is 7.16. The highest BCUT2D eigenvalue weighted by Gasteiger charge is 2.36. The van der Waals surface area contributed by atoms with Gasteiger partial charge in [0.25, 0.3) is 0 Å². The summed E-state index contributed by atoms with van der Waals surface area (Å²) in [7, 11) is -1.33. The number of piperidine rings is 1. The van der Waals surface area contributed by atoms with E-state index in [2.05, 4.69) is 27.4 Å². The van der Waals surface area contributed by atoms with Crippen molar-refractivity contribution in [3.05, 3.63) is 84.4 Å². The van der Waals surface area contributed by atoms with Gasteiger partial charge in [0.2, 0.25) is 5.91 Å². The summed E-state index contributed by atoms with van der Waals surface area (Å²) < 4.78 is 15.4. The fraction of sp³-hybridized carbons (Fsp3) is 0.273. The Bertz CT molecular complexity index is 947. The molecule has 1 aromatic heterocycles. The number of benzene rings is 2. The summed E-state index contributed by atoms with van der Waals surface area (Å²) >= 11 is 0. The normalized spacial score (nSPS) is 20.8. The molecule has 3 atom stereocenters. The van der Waals surface area contributed by atoms with Crippen LogP contribution in [0.3, 0.4) is 0 Å². The zero-order chi connectivity index (χ0) is 20.1. The van der Waals surface area contributed by atoms with Crippen molar-refractivity contribution in [1.82, 2.24) is 19.6 Å². The van der Waals surface area contributed by atoms with Crippen molar-refractivity contribution in [2.75, 3.05) is 6.54 Å². The lowest BCUT2D eigenvalue weighted by molar-refractivity contribution is -0.126. The fourth-order valence-corrected chi connectivity index (χ4v) is 5.16. The number of amides is 1. The summed E-state index contributed by atoms with van der Waals surface area (Å²) in [6.45, 7) is 0.870. The Labute approximate surface area is 173 Å². The van der Waals surface area contributed by atoms with Gasteiger partial charge in [0.15, 0.2) is 0 Å². The molecule has 6 nitrogen and oxygen atoms in total. The zero-order valence-electron chi connectivity index (χ0n) is 16.0. The van der Waals surface area contributed by atoms with Crippen LogP contribution in [-0.4, -0.2) is 30.9 Å². The number of rotatable bonds is 6. The van der Waals surface area contributed by atoms with E-state index < -0.39 is 11.0 Å². The molecule has 4 rings (SSSR count). The molecule has 3 aromatic rings. The predicted molar refractivity (Wildman–Crippen MR) is 112 cm³/mol. The number of H-pyrrole nitrogens is 1. The summed E-state index contributed by atoms with van der Waals surface area (Å²) in [6.07, 6.45) is 4.84. The van der Waals surface area contributed by atoms with Crippen molar-refractivity contribution in [1.29, 1.82) is 0 Å². The van der Waals surface area contributed by atoms with Crippen LogP contribution in [0.5, 0.6) is 0 Å². The number of aromatic amines is 1. The number of aromatic nitrogens is 2. The third-order valence-electron chi connectivity index (χ3n) is 5.26. The SMILES string of the molecule is O=C(NCc1cnc[nH]1)[C@@H]1CCC(c2ccccc2)N(S(=O)c2ccccc2)C1. The van der Waals surface area contributed by atoms with Gasteiger partial charge in [-0.25, -0.2) is 13.5 Å². The second-order valence-corrected chi connectivity index (χ2v) is 8.60. The lowest BCUT2D eigenvalue weighted by Gasteiger charge is -2.38. The quantitative estimate of drug-likeness (QED) is 0.657. The average Bonchev–Trinajstić information content (AvgIpc) is 3.31. The van der Waals surface area contributed by atoms with Gasteiger partial charge in [-0.1, -0.05) is 48.5 Å². The number of nitrogens with one attached hydrogen (secondary N) is 2. The minimum atomic E-state index is -1.33. The maximum absolute atomic E-state index is 13.4. The third-order valence-corrected chi connectivity index (χ3v) is 6.76. The first-order chi connectivity index (χ1) is 14.2. The highest BCUT2D eigenvalue weighted by atomic mass is 32.2. The molecule has 1 saturated heterocycles. The van der Waals surface area contributed by atoms with Crippen molar-refractivity contribution in [3.8, 4) is 0 Å². The smallest absolute Gasteiger partial charge is 0.224 e. The van der Waals surface area contributed by atoms with Gasteiger partial charge in [-0.15, -0.1) is 0 Å². The highest BCUT2D eigenvalue weighted by molar-refractivity contribution is 7.82. The summed E-state index contributed by atoms with van der Waals surface area (Å²) in [5, 5.41) is 2.97. The largest absolute Gasteiger partial charge is 0.350 e. The van der Waals surface area contributed by atoms with Crippen LogP contribution in [-0.2, 0) is 22.3 Å². The van der Waals surface area contributed by atoms with Gasteiger partial charge >= 0.3 is 0 Å². The molecular formula is C22H24N4O2S. The fourth-order valence-electron chi connectivity index (χ4n) is 3.72. The van der Waals surface area contributed by atoms with E-state index in [1.165, 1.54) is 0 Å².